The summed E-state index contributed by atoms with van der Waals surface area (Å²) in [6.45, 7) is 0. The van der Waals surface area contributed by atoms with E-state index in [-0.39, 0.29) is 47.5 Å². The number of amides is 4. The Bertz CT molecular complexity index is 1050. The third-order valence-corrected chi connectivity index (χ3v) is 6.91. The monoisotopic (exact) mass is 436 g/mol. The number of nitrogens with zero attached hydrogens (tertiary/aromatic N) is 1. The van der Waals surface area contributed by atoms with Crippen LogP contribution in [-0.4, -0.2) is 59.8 Å². The summed E-state index contributed by atoms with van der Waals surface area (Å²) >= 11 is 0. The molecule has 1 atom stereocenters. The molecule has 0 aromatic heterocycles. The van der Waals surface area contributed by atoms with E-state index in [4.69, 9.17) is 5.11 Å². The van der Waals surface area contributed by atoms with Gasteiger partial charge in [0.05, 0.1) is 21.8 Å². The van der Waals surface area contributed by atoms with E-state index in [0.29, 0.717) is 12.8 Å². The second kappa shape index (κ2) is 8.34. The lowest BCUT2D eigenvalue weighted by Crippen LogP contribution is -2.54. The summed E-state index contributed by atoms with van der Waals surface area (Å²) in [5.74, 6) is -4.19. The van der Waals surface area contributed by atoms with E-state index >= 15 is 0 Å². The molecule has 1 aromatic rings. The molecule has 10 nitrogen and oxygen atoms in total. The Morgan fingerprint density at radius 1 is 1.10 bits per heavy atom. The Labute approximate surface area is 172 Å². The van der Waals surface area contributed by atoms with Gasteiger partial charge in [-0.1, -0.05) is 12.5 Å². The molecule has 2 aliphatic heterocycles. The van der Waals surface area contributed by atoms with E-state index in [2.05, 4.69) is 5.32 Å². The highest BCUT2D eigenvalue weighted by molar-refractivity contribution is 7.91. The highest BCUT2D eigenvalue weighted by Crippen LogP contribution is 2.32. The van der Waals surface area contributed by atoms with Crippen molar-refractivity contribution in [1.29, 1.82) is 0 Å². The van der Waals surface area contributed by atoms with Crippen LogP contribution < -0.4 is 5.32 Å². The lowest BCUT2D eigenvalue weighted by Gasteiger charge is -2.27. The number of unbranched alkanes of at least 4 members (excludes halogenated alkanes) is 2. The Hall–Kier alpha value is -3.08. The van der Waals surface area contributed by atoms with Crippen molar-refractivity contribution in [2.24, 2.45) is 0 Å². The largest absolute Gasteiger partial charge is 0.481 e. The van der Waals surface area contributed by atoms with E-state index in [9.17, 15) is 32.4 Å². The average molecular weight is 436 g/mol. The predicted octanol–water partition coefficient (Wildman–Crippen LogP) is 0.506. The quantitative estimate of drug-likeness (QED) is 0.441. The molecule has 0 spiro atoms. The highest BCUT2D eigenvalue weighted by Gasteiger charge is 2.46. The molecule has 1 fully saturated rings. The first kappa shape index (κ1) is 21.6. The van der Waals surface area contributed by atoms with Gasteiger partial charge in [-0.25, -0.2) is 8.42 Å². The minimum absolute atomic E-state index is 0.0260. The van der Waals surface area contributed by atoms with E-state index in [1.54, 1.807) is 0 Å². The molecule has 2 heterocycles. The fourth-order valence-corrected chi connectivity index (χ4v) is 5.20. The molecular formula is C19H20N2O8S. The van der Waals surface area contributed by atoms with Crippen LogP contribution in [0.4, 0.5) is 0 Å². The lowest BCUT2D eigenvalue weighted by atomic mass is 10.0. The maximum atomic E-state index is 13.0. The van der Waals surface area contributed by atoms with Crippen LogP contribution >= 0.6 is 0 Å². The van der Waals surface area contributed by atoms with Gasteiger partial charge >= 0.3 is 5.97 Å². The van der Waals surface area contributed by atoms with Crippen LogP contribution in [0.3, 0.4) is 0 Å². The minimum Gasteiger partial charge on any atom is -0.481 e. The number of aliphatic carboxylic acids is 1. The van der Waals surface area contributed by atoms with Crippen molar-refractivity contribution < 1.29 is 37.5 Å². The fraction of sp³-hybridized carbons (Fsp3) is 0.421. The molecular weight excluding hydrogens is 416 g/mol. The summed E-state index contributed by atoms with van der Waals surface area (Å²) in [7, 11) is -3.92. The molecule has 0 bridgehead atoms. The molecule has 30 heavy (non-hydrogen) atoms. The van der Waals surface area contributed by atoms with E-state index in [1.165, 1.54) is 18.2 Å². The standard InChI is InChI=1S/C19H20N2O8S/c22-14-9-8-12(17(25)20-14)21-18(26)11-5-4-6-13(16(11)19(21)27)30(28,29)10-3-1-2-7-15(23)24/h4-6,12H,1-3,7-10H2,(H,23,24)(H,20,22,25). The summed E-state index contributed by atoms with van der Waals surface area (Å²) in [5, 5.41) is 10.7. The van der Waals surface area contributed by atoms with Crippen LogP contribution in [0.2, 0.25) is 0 Å². The van der Waals surface area contributed by atoms with Crippen molar-refractivity contribution in [1.82, 2.24) is 10.2 Å². The molecule has 2 aliphatic rings. The number of carboxylic acids is 1. The summed E-state index contributed by atoms with van der Waals surface area (Å²) < 4.78 is 25.6. The number of carboxylic acid groups (broad SMARTS) is 1. The average Bonchev–Trinajstić information content (AvgIpc) is 2.92. The molecule has 1 aromatic carbocycles. The first-order valence-corrected chi connectivity index (χ1v) is 11.1. The van der Waals surface area contributed by atoms with Crippen molar-refractivity contribution in [2.45, 2.75) is 49.5 Å². The van der Waals surface area contributed by atoms with Gasteiger partial charge in [0.25, 0.3) is 11.8 Å². The van der Waals surface area contributed by atoms with Gasteiger partial charge in [-0.2, -0.15) is 0 Å². The zero-order chi connectivity index (χ0) is 22.1. The molecule has 4 amide bonds. The van der Waals surface area contributed by atoms with Crippen LogP contribution in [0.25, 0.3) is 0 Å². The van der Waals surface area contributed by atoms with Gasteiger partial charge < -0.3 is 5.11 Å². The number of hydrogen-bond acceptors (Lipinski definition) is 7. The Morgan fingerprint density at radius 2 is 1.83 bits per heavy atom. The van der Waals surface area contributed by atoms with Crippen molar-refractivity contribution in [3.05, 3.63) is 29.3 Å². The van der Waals surface area contributed by atoms with Gasteiger partial charge in [0.2, 0.25) is 11.8 Å². The number of carbonyl (C=O) groups excluding carboxylic acids is 4. The predicted molar refractivity (Wildman–Crippen MR) is 101 cm³/mol. The Balaban J connectivity index is 1.83. The summed E-state index contributed by atoms with van der Waals surface area (Å²) in [6, 6.07) is 2.74. The number of hydrogen-bond donors (Lipinski definition) is 2. The molecule has 1 saturated heterocycles. The van der Waals surface area contributed by atoms with Gasteiger partial charge in [-0.05, 0) is 31.4 Å². The highest BCUT2D eigenvalue weighted by atomic mass is 32.2. The molecule has 11 heteroatoms. The van der Waals surface area contributed by atoms with Gasteiger partial charge in [0.15, 0.2) is 9.84 Å². The van der Waals surface area contributed by atoms with Gasteiger partial charge in [0.1, 0.15) is 6.04 Å². The summed E-state index contributed by atoms with van der Waals surface area (Å²) in [4.78, 5) is 60.2. The SMILES string of the molecule is O=C(O)CCCCCS(=O)(=O)c1cccc2c1C(=O)N(C1CCC(=O)NC1=O)C2=O. The smallest absolute Gasteiger partial charge is 0.303 e. The minimum atomic E-state index is -3.92. The molecule has 0 radical (unpaired) electrons. The van der Waals surface area contributed by atoms with Crippen LogP contribution in [0.5, 0.6) is 0 Å². The van der Waals surface area contributed by atoms with Crippen molar-refractivity contribution in [2.75, 3.05) is 5.75 Å². The zero-order valence-electron chi connectivity index (χ0n) is 15.9. The van der Waals surface area contributed by atoms with Crippen molar-refractivity contribution >= 4 is 39.4 Å². The molecule has 3 rings (SSSR count). The number of nitrogens with one attached hydrogen (secondary N) is 1. The second-order valence-electron chi connectivity index (χ2n) is 7.15. The van der Waals surface area contributed by atoms with E-state index in [0.717, 1.165) is 4.90 Å². The van der Waals surface area contributed by atoms with Crippen LogP contribution in [-0.2, 0) is 24.2 Å². The number of rotatable bonds is 8. The third-order valence-electron chi connectivity index (χ3n) is 5.07. The van der Waals surface area contributed by atoms with E-state index < -0.39 is 45.5 Å². The van der Waals surface area contributed by atoms with Crippen LogP contribution in [0.1, 0.15) is 59.2 Å². The number of imide groups is 2. The van der Waals surface area contributed by atoms with Crippen LogP contribution in [0.15, 0.2) is 23.1 Å². The number of piperidine rings is 1. The summed E-state index contributed by atoms with van der Waals surface area (Å²) in [6.07, 6.45) is 0.800. The molecule has 2 N–H and O–H groups in total. The second-order valence-corrected chi connectivity index (χ2v) is 9.23. The van der Waals surface area contributed by atoms with Crippen molar-refractivity contribution in [3.63, 3.8) is 0 Å². The number of benzene rings is 1. The normalized spacial score (nSPS) is 19.1. The first-order valence-electron chi connectivity index (χ1n) is 9.42. The summed E-state index contributed by atoms with van der Waals surface area (Å²) in [5.41, 5.74) is -0.366. The molecule has 0 saturated carbocycles. The maximum absolute atomic E-state index is 13.0. The molecule has 1 unspecified atom stereocenters. The fourth-order valence-electron chi connectivity index (χ4n) is 3.60. The third kappa shape index (κ3) is 4.11. The number of sulfone groups is 1. The maximum Gasteiger partial charge on any atom is 0.303 e. The molecule has 0 aliphatic carbocycles. The van der Waals surface area contributed by atoms with E-state index in [1.807, 2.05) is 0 Å². The zero-order valence-corrected chi connectivity index (χ0v) is 16.7. The molecule has 160 valence electrons. The van der Waals surface area contributed by atoms with Gasteiger partial charge in [-0.3, -0.25) is 34.2 Å². The van der Waals surface area contributed by atoms with Crippen molar-refractivity contribution in [3.8, 4) is 0 Å². The first-order chi connectivity index (χ1) is 14.1. The lowest BCUT2D eigenvalue weighted by molar-refractivity contribution is -0.138. The topological polar surface area (TPSA) is 155 Å². The van der Waals surface area contributed by atoms with Crippen LogP contribution in [0, 0.1) is 0 Å². The Kier molecular flexibility index (Phi) is 6.01. The Morgan fingerprint density at radius 3 is 2.50 bits per heavy atom. The van der Waals surface area contributed by atoms with Gasteiger partial charge in [-0.15, -0.1) is 0 Å². The number of fused-ring (bicyclic) bond motifs is 1. The number of carbonyl (C=O) groups is 5. The van der Waals surface area contributed by atoms with Gasteiger partial charge in [0, 0.05) is 12.8 Å².